The molecule has 1 aromatic carbocycles. The highest BCUT2D eigenvalue weighted by Crippen LogP contribution is 2.28. The number of carbonyl (C=O) groups is 2. The molecule has 2 aliphatic heterocycles. The fraction of sp³-hybridized carbons (Fsp3) is 0.417. The number of hydrogen-bond donors (Lipinski definition) is 2. The maximum Gasteiger partial charge on any atom is 0.338 e. The van der Waals surface area contributed by atoms with Crippen molar-refractivity contribution in [3.05, 3.63) is 65.8 Å². The Kier molecular flexibility index (Phi) is 7.64. The Hall–Kier alpha value is -3.30. The lowest BCUT2D eigenvalue weighted by molar-refractivity contribution is -0.139. The summed E-state index contributed by atoms with van der Waals surface area (Å²) in [5, 5.41) is 5.60. The number of nitrogens with one attached hydrogen (secondary N) is 2. The molecule has 2 amide bonds. The molecule has 0 spiro atoms. The molecule has 1 fully saturated rings. The Morgan fingerprint density at radius 2 is 1.85 bits per heavy atom. The van der Waals surface area contributed by atoms with Gasteiger partial charge in [-0.2, -0.15) is 0 Å². The van der Waals surface area contributed by atoms with Gasteiger partial charge in [-0.05, 0) is 31.2 Å². The summed E-state index contributed by atoms with van der Waals surface area (Å²) in [6.45, 7) is 7.34. The van der Waals surface area contributed by atoms with Crippen molar-refractivity contribution in [1.29, 1.82) is 0 Å². The van der Waals surface area contributed by atoms with Gasteiger partial charge in [0.05, 0.1) is 18.4 Å². The number of amides is 2. The van der Waals surface area contributed by atoms with E-state index in [1.54, 1.807) is 19.1 Å². The molecule has 1 atom stereocenters. The van der Waals surface area contributed by atoms with Crippen molar-refractivity contribution >= 4 is 12.0 Å². The molecule has 0 saturated carbocycles. The van der Waals surface area contributed by atoms with Crippen LogP contribution in [0.4, 0.5) is 4.79 Å². The van der Waals surface area contributed by atoms with Crippen molar-refractivity contribution in [2.24, 2.45) is 0 Å². The standard InChI is InChI=1S/C24H30N4O5/c1-2-31-23(29)21-19(25-24(30)26-22(21)20-9-6-15-33-20)17-28-12-10-27(11-13-28)14-16-32-18-7-4-3-5-8-18/h3-9,15,22H,2,10-14,16-17H2,1H3,(H2,25,26,30). The number of hydrogen-bond acceptors (Lipinski definition) is 7. The van der Waals surface area contributed by atoms with E-state index in [2.05, 4.69) is 20.4 Å². The third kappa shape index (κ3) is 5.94. The summed E-state index contributed by atoms with van der Waals surface area (Å²) < 4.78 is 16.6. The van der Waals surface area contributed by atoms with Crippen molar-refractivity contribution in [2.45, 2.75) is 13.0 Å². The molecular formula is C24H30N4O5. The normalized spacial score (nSPS) is 19.7. The number of urea groups is 1. The third-order valence-corrected chi connectivity index (χ3v) is 5.74. The van der Waals surface area contributed by atoms with Gasteiger partial charge in [0.2, 0.25) is 0 Å². The molecule has 0 bridgehead atoms. The minimum atomic E-state index is -0.681. The van der Waals surface area contributed by atoms with E-state index in [1.807, 2.05) is 30.3 Å². The highest BCUT2D eigenvalue weighted by atomic mass is 16.5. The van der Waals surface area contributed by atoms with Gasteiger partial charge in [0.25, 0.3) is 0 Å². The molecule has 1 aromatic heterocycles. The Bertz CT molecular complexity index is 952. The number of benzene rings is 1. The topological polar surface area (TPSA) is 96.3 Å². The molecule has 1 saturated heterocycles. The van der Waals surface area contributed by atoms with Gasteiger partial charge in [0.1, 0.15) is 24.2 Å². The van der Waals surface area contributed by atoms with Gasteiger partial charge in [-0.15, -0.1) is 0 Å². The number of ether oxygens (including phenoxy) is 2. The number of para-hydroxylation sites is 1. The molecule has 0 radical (unpaired) electrons. The Labute approximate surface area is 193 Å². The van der Waals surface area contributed by atoms with Crippen molar-refractivity contribution in [2.75, 3.05) is 52.5 Å². The van der Waals surface area contributed by atoms with Crippen LogP contribution in [0.25, 0.3) is 0 Å². The van der Waals surface area contributed by atoms with Crippen LogP contribution in [0.15, 0.2) is 64.4 Å². The molecule has 2 aliphatic rings. The first-order chi connectivity index (χ1) is 16.1. The maximum atomic E-state index is 12.8. The van der Waals surface area contributed by atoms with Crippen molar-refractivity contribution in [3.8, 4) is 5.75 Å². The molecule has 9 heteroatoms. The van der Waals surface area contributed by atoms with Crippen LogP contribution >= 0.6 is 0 Å². The molecule has 1 unspecified atom stereocenters. The molecule has 2 aromatic rings. The van der Waals surface area contributed by atoms with Crippen LogP contribution < -0.4 is 15.4 Å². The van der Waals surface area contributed by atoms with E-state index in [0.717, 1.165) is 38.5 Å². The van der Waals surface area contributed by atoms with E-state index in [9.17, 15) is 9.59 Å². The molecule has 176 valence electrons. The predicted octanol–water partition coefficient (Wildman–Crippen LogP) is 2.15. The van der Waals surface area contributed by atoms with Gasteiger partial charge in [0, 0.05) is 45.0 Å². The van der Waals surface area contributed by atoms with Gasteiger partial charge in [-0.1, -0.05) is 18.2 Å². The quantitative estimate of drug-likeness (QED) is 0.561. The first kappa shape index (κ1) is 22.9. The SMILES string of the molecule is CCOC(=O)C1=C(CN2CCN(CCOc3ccccc3)CC2)NC(=O)NC1c1ccco1. The number of rotatable bonds is 9. The van der Waals surface area contributed by atoms with E-state index in [0.29, 0.717) is 30.2 Å². The van der Waals surface area contributed by atoms with Gasteiger partial charge in [0.15, 0.2) is 0 Å². The lowest BCUT2D eigenvalue weighted by atomic mass is 9.99. The van der Waals surface area contributed by atoms with E-state index >= 15 is 0 Å². The zero-order valence-corrected chi connectivity index (χ0v) is 18.8. The highest BCUT2D eigenvalue weighted by molar-refractivity contribution is 5.95. The highest BCUT2D eigenvalue weighted by Gasteiger charge is 2.36. The Morgan fingerprint density at radius 3 is 2.55 bits per heavy atom. The van der Waals surface area contributed by atoms with E-state index in [4.69, 9.17) is 13.9 Å². The number of nitrogens with zero attached hydrogens (tertiary/aromatic N) is 2. The summed E-state index contributed by atoms with van der Waals surface area (Å²) in [5.74, 6) is 0.911. The van der Waals surface area contributed by atoms with Crippen LogP contribution in [0.1, 0.15) is 18.7 Å². The van der Waals surface area contributed by atoms with Crippen LogP contribution in [0, 0.1) is 0 Å². The van der Waals surface area contributed by atoms with E-state index in [1.165, 1.54) is 6.26 Å². The second-order valence-electron chi connectivity index (χ2n) is 7.94. The van der Waals surface area contributed by atoms with E-state index < -0.39 is 12.0 Å². The van der Waals surface area contributed by atoms with Crippen LogP contribution in [0.5, 0.6) is 5.75 Å². The third-order valence-electron chi connectivity index (χ3n) is 5.74. The maximum absolute atomic E-state index is 12.8. The Morgan fingerprint density at radius 1 is 1.09 bits per heavy atom. The minimum Gasteiger partial charge on any atom is -0.492 e. The molecule has 3 heterocycles. The zero-order chi connectivity index (χ0) is 23.0. The fourth-order valence-corrected chi connectivity index (χ4v) is 4.07. The Balaban J connectivity index is 1.37. The fourth-order valence-electron chi connectivity index (χ4n) is 4.07. The van der Waals surface area contributed by atoms with Crippen LogP contribution in [-0.4, -0.2) is 74.3 Å². The average molecular weight is 455 g/mol. The molecule has 9 nitrogen and oxygen atoms in total. The molecule has 33 heavy (non-hydrogen) atoms. The number of carbonyl (C=O) groups excluding carboxylic acids is 2. The summed E-state index contributed by atoms with van der Waals surface area (Å²) in [4.78, 5) is 29.7. The van der Waals surface area contributed by atoms with E-state index in [-0.39, 0.29) is 12.6 Å². The lowest BCUT2D eigenvalue weighted by Gasteiger charge is -2.36. The van der Waals surface area contributed by atoms with Gasteiger partial charge >= 0.3 is 12.0 Å². The molecular weight excluding hydrogens is 424 g/mol. The number of esters is 1. The predicted molar refractivity (Wildman–Crippen MR) is 122 cm³/mol. The van der Waals surface area contributed by atoms with Crippen molar-refractivity contribution < 1.29 is 23.5 Å². The van der Waals surface area contributed by atoms with Crippen LogP contribution in [0.3, 0.4) is 0 Å². The minimum absolute atomic E-state index is 0.248. The van der Waals surface area contributed by atoms with Gasteiger partial charge < -0.3 is 24.5 Å². The summed E-state index contributed by atoms with van der Waals surface area (Å²) in [6, 6.07) is 12.2. The first-order valence-corrected chi connectivity index (χ1v) is 11.3. The lowest BCUT2D eigenvalue weighted by Crippen LogP contribution is -2.52. The van der Waals surface area contributed by atoms with Gasteiger partial charge in [-0.25, -0.2) is 9.59 Å². The largest absolute Gasteiger partial charge is 0.492 e. The number of piperazine rings is 1. The average Bonchev–Trinajstić information content (AvgIpc) is 3.36. The molecule has 2 N–H and O–H groups in total. The summed E-state index contributed by atoms with van der Waals surface area (Å²) in [6.07, 6.45) is 1.52. The van der Waals surface area contributed by atoms with Crippen LogP contribution in [0.2, 0.25) is 0 Å². The first-order valence-electron chi connectivity index (χ1n) is 11.3. The summed E-state index contributed by atoms with van der Waals surface area (Å²) in [7, 11) is 0. The second kappa shape index (κ2) is 11.0. The van der Waals surface area contributed by atoms with Gasteiger partial charge in [-0.3, -0.25) is 9.80 Å². The van der Waals surface area contributed by atoms with Crippen molar-refractivity contribution in [1.82, 2.24) is 20.4 Å². The van der Waals surface area contributed by atoms with Crippen LogP contribution in [-0.2, 0) is 9.53 Å². The monoisotopic (exact) mass is 454 g/mol. The number of furan rings is 1. The zero-order valence-electron chi connectivity index (χ0n) is 18.8. The summed E-state index contributed by atoms with van der Waals surface area (Å²) >= 11 is 0. The summed E-state index contributed by atoms with van der Waals surface area (Å²) in [5.41, 5.74) is 0.935. The molecule has 4 rings (SSSR count). The van der Waals surface area contributed by atoms with Crippen molar-refractivity contribution in [3.63, 3.8) is 0 Å². The smallest absolute Gasteiger partial charge is 0.338 e. The molecule has 0 aliphatic carbocycles. The second-order valence-corrected chi connectivity index (χ2v) is 7.94.